The second kappa shape index (κ2) is 5.64. The minimum Gasteiger partial charge on any atom is -0.481 e. The molecule has 0 spiro atoms. The molecule has 0 atom stereocenters. The highest BCUT2D eigenvalue weighted by Gasteiger charge is 2.16. The maximum absolute atomic E-state index is 11.1. The first kappa shape index (κ1) is 14.3. The summed E-state index contributed by atoms with van der Waals surface area (Å²) in [4.78, 5) is 15.3. The normalized spacial score (nSPS) is 11.0. The number of hydrogen-bond acceptors (Lipinski definition) is 2. The SMILES string of the molecule is Cc1cccc(Cn2c(C)c(CC(=O)O)c3cnccc32)c1. The lowest BCUT2D eigenvalue weighted by atomic mass is 10.1. The van der Waals surface area contributed by atoms with Crippen LogP contribution in [0.5, 0.6) is 0 Å². The van der Waals surface area contributed by atoms with Crippen molar-refractivity contribution in [2.45, 2.75) is 26.8 Å². The fraction of sp³-hybridized carbons (Fsp3) is 0.222. The fourth-order valence-electron chi connectivity index (χ4n) is 2.96. The van der Waals surface area contributed by atoms with Crippen LogP contribution in [0.4, 0.5) is 0 Å². The number of hydrogen-bond donors (Lipinski definition) is 1. The monoisotopic (exact) mass is 294 g/mol. The first-order valence-electron chi connectivity index (χ1n) is 7.25. The van der Waals surface area contributed by atoms with Gasteiger partial charge in [0.25, 0.3) is 0 Å². The summed E-state index contributed by atoms with van der Waals surface area (Å²) in [6, 6.07) is 10.3. The zero-order valence-corrected chi connectivity index (χ0v) is 12.7. The molecule has 1 N–H and O–H groups in total. The lowest BCUT2D eigenvalue weighted by Crippen LogP contribution is -2.05. The molecule has 2 aromatic heterocycles. The number of rotatable bonds is 4. The van der Waals surface area contributed by atoms with Crippen molar-refractivity contribution < 1.29 is 9.90 Å². The van der Waals surface area contributed by atoms with Gasteiger partial charge in [0.15, 0.2) is 0 Å². The van der Waals surface area contributed by atoms with Gasteiger partial charge in [-0.25, -0.2) is 0 Å². The van der Waals surface area contributed by atoms with E-state index in [4.69, 9.17) is 5.11 Å². The summed E-state index contributed by atoms with van der Waals surface area (Å²) in [5.41, 5.74) is 5.30. The van der Waals surface area contributed by atoms with Gasteiger partial charge >= 0.3 is 5.97 Å². The minimum absolute atomic E-state index is 0.0227. The number of aliphatic carboxylic acids is 1. The molecule has 0 aliphatic heterocycles. The molecule has 4 nitrogen and oxygen atoms in total. The van der Waals surface area contributed by atoms with Gasteiger partial charge < -0.3 is 9.67 Å². The van der Waals surface area contributed by atoms with E-state index in [9.17, 15) is 4.79 Å². The average Bonchev–Trinajstić information content (AvgIpc) is 2.73. The van der Waals surface area contributed by atoms with Crippen molar-refractivity contribution >= 4 is 16.9 Å². The molecule has 0 bridgehead atoms. The molecule has 0 fully saturated rings. The van der Waals surface area contributed by atoms with Crippen LogP contribution in [0, 0.1) is 13.8 Å². The van der Waals surface area contributed by atoms with Crippen LogP contribution in [0.3, 0.4) is 0 Å². The van der Waals surface area contributed by atoms with E-state index >= 15 is 0 Å². The molecule has 0 amide bonds. The van der Waals surface area contributed by atoms with E-state index in [1.165, 1.54) is 11.1 Å². The molecule has 0 aliphatic carbocycles. The fourth-order valence-corrected chi connectivity index (χ4v) is 2.96. The Balaban J connectivity index is 2.13. The molecule has 112 valence electrons. The lowest BCUT2D eigenvalue weighted by molar-refractivity contribution is -0.136. The second-order valence-electron chi connectivity index (χ2n) is 5.60. The predicted molar refractivity (Wildman–Crippen MR) is 86.1 cm³/mol. The van der Waals surface area contributed by atoms with Gasteiger partial charge in [0.1, 0.15) is 0 Å². The minimum atomic E-state index is -0.818. The molecule has 2 heterocycles. The van der Waals surface area contributed by atoms with E-state index < -0.39 is 5.97 Å². The van der Waals surface area contributed by atoms with Gasteiger partial charge in [0.05, 0.1) is 11.9 Å². The zero-order chi connectivity index (χ0) is 15.7. The van der Waals surface area contributed by atoms with Crippen LogP contribution >= 0.6 is 0 Å². The Morgan fingerprint density at radius 1 is 1.27 bits per heavy atom. The lowest BCUT2D eigenvalue weighted by Gasteiger charge is -2.09. The molecule has 4 heteroatoms. The number of aryl methyl sites for hydroxylation is 1. The van der Waals surface area contributed by atoms with Gasteiger partial charge in [-0.3, -0.25) is 9.78 Å². The van der Waals surface area contributed by atoms with Crippen LogP contribution in [0.2, 0.25) is 0 Å². The number of carbonyl (C=O) groups is 1. The molecule has 1 aromatic carbocycles. The van der Waals surface area contributed by atoms with Gasteiger partial charge in [-0.2, -0.15) is 0 Å². The Kier molecular flexibility index (Phi) is 3.67. The highest BCUT2D eigenvalue weighted by Crippen LogP contribution is 2.26. The van der Waals surface area contributed by atoms with E-state index in [0.29, 0.717) is 0 Å². The van der Waals surface area contributed by atoms with Crippen molar-refractivity contribution in [2.24, 2.45) is 0 Å². The standard InChI is InChI=1S/C18H18N2O2/c1-12-4-3-5-14(8-12)11-20-13(2)15(9-18(21)22)16-10-19-7-6-17(16)20/h3-8,10H,9,11H2,1-2H3,(H,21,22). The smallest absolute Gasteiger partial charge is 0.307 e. The van der Waals surface area contributed by atoms with Crippen LogP contribution in [0.25, 0.3) is 10.9 Å². The van der Waals surface area contributed by atoms with E-state index in [1.54, 1.807) is 12.4 Å². The number of carboxylic acid groups (broad SMARTS) is 1. The van der Waals surface area contributed by atoms with Crippen molar-refractivity contribution in [1.29, 1.82) is 0 Å². The maximum atomic E-state index is 11.1. The molecular formula is C18H18N2O2. The van der Waals surface area contributed by atoms with Crippen molar-refractivity contribution in [3.63, 3.8) is 0 Å². The van der Waals surface area contributed by atoms with Crippen LogP contribution in [0.15, 0.2) is 42.7 Å². The third-order valence-corrected chi connectivity index (χ3v) is 4.01. The molecule has 3 rings (SSSR count). The topological polar surface area (TPSA) is 55.1 Å². The predicted octanol–water partition coefficient (Wildman–Crippen LogP) is 3.33. The average molecular weight is 294 g/mol. The Bertz CT molecular complexity index is 849. The summed E-state index contributed by atoms with van der Waals surface area (Å²) in [5, 5.41) is 10.1. The summed E-state index contributed by atoms with van der Waals surface area (Å²) >= 11 is 0. The number of carboxylic acids is 1. The van der Waals surface area contributed by atoms with E-state index in [1.807, 2.05) is 19.1 Å². The highest BCUT2D eigenvalue weighted by molar-refractivity contribution is 5.88. The first-order chi connectivity index (χ1) is 10.6. The number of nitrogens with zero attached hydrogens (tertiary/aromatic N) is 2. The van der Waals surface area contributed by atoms with Crippen molar-refractivity contribution in [2.75, 3.05) is 0 Å². The number of aromatic nitrogens is 2. The Hall–Kier alpha value is -2.62. The number of pyridine rings is 1. The van der Waals surface area contributed by atoms with Gasteiger partial charge in [-0.05, 0) is 31.0 Å². The van der Waals surface area contributed by atoms with E-state index in [2.05, 4.69) is 34.7 Å². The van der Waals surface area contributed by atoms with Crippen LogP contribution in [-0.2, 0) is 17.8 Å². The first-order valence-corrected chi connectivity index (χ1v) is 7.25. The van der Waals surface area contributed by atoms with Crippen LogP contribution < -0.4 is 0 Å². The molecule has 0 saturated carbocycles. The largest absolute Gasteiger partial charge is 0.481 e. The van der Waals surface area contributed by atoms with Gasteiger partial charge in [0.2, 0.25) is 0 Å². The van der Waals surface area contributed by atoms with Crippen LogP contribution in [0.1, 0.15) is 22.4 Å². The zero-order valence-electron chi connectivity index (χ0n) is 12.7. The molecule has 0 aliphatic rings. The van der Waals surface area contributed by atoms with Gasteiger partial charge in [-0.1, -0.05) is 29.8 Å². The molecule has 0 unspecified atom stereocenters. The Morgan fingerprint density at radius 3 is 2.82 bits per heavy atom. The van der Waals surface area contributed by atoms with Gasteiger partial charge in [0, 0.05) is 30.0 Å². The summed E-state index contributed by atoms with van der Waals surface area (Å²) in [6.45, 7) is 4.78. The van der Waals surface area contributed by atoms with Crippen LogP contribution in [-0.4, -0.2) is 20.6 Å². The third kappa shape index (κ3) is 2.60. The molecular weight excluding hydrogens is 276 g/mol. The van der Waals surface area contributed by atoms with Crippen molar-refractivity contribution in [3.05, 3.63) is 65.1 Å². The third-order valence-electron chi connectivity index (χ3n) is 4.01. The van der Waals surface area contributed by atoms with E-state index in [0.717, 1.165) is 28.7 Å². The summed E-state index contributed by atoms with van der Waals surface area (Å²) in [6.07, 6.45) is 3.53. The Labute approximate surface area is 129 Å². The molecule has 22 heavy (non-hydrogen) atoms. The number of benzene rings is 1. The quantitative estimate of drug-likeness (QED) is 0.803. The molecule has 0 radical (unpaired) electrons. The summed E-state index contributed by atoms with van der Waals surface area (Å²) in [7, 11) is 0. The maximum Gasteiger partial charge on any atom is 0.307 e. The van der Waals surface area contributed by atoms with Crippen molar-refractivity contribution in [3.8, 4) is 0 Å². The van der Waals surface area contributed by atoms with Gasteiger partial charge in [-0.15, -0.1) is 0 Å². The second-order valence-corrected chi connectivity index (χ2v) is 5.60. The molecule has 0 saturated heterocycles. The van der Waals surface area contributed by atoms with E-state index in [-0.39, 0.29) is 6.42 Å². The highest BCUT2D eigenvalue weighted by atomic mass is 16.4. The molecule has 3 aromatic rings. The summed E-state index contributed by atoms with van der Waals surface area (Å²) in [5.74, 6) is -0.818. The summed E-state index contributed by atoms with van der Waals surface area (Å²) < 4.78 is 2.17. The number of fused-ring (bicyclic) bond motifs is 1. The van der Waals surface area contributed by atoms with Crippen molar-refractivity contribution in [1.82, 2.24) is 9.55 Å². The Morgan fingerprint density at radius 2 is 2.09 bits per heavy atom.